The molecule has 0 heterocycles. The predicted octanol–water partition coefficient (Wildman–Crippen LogP) is 5.40. The fraction of sp³-hybridized carbons (Fsp3) is 0.160. The highest BCUT2D eigenvalue weighted by Crippen LogP contribution is 2.34. The van der Waals surface area contributed by atoms with Crippen molar-refractivity contribution < 1.29 is 14.4 Å². The zero-order valence-electron chi connectivity index (χ0n) is 18.0. The molecule has 9 heteroatoms. The lowest BCUT2D eigenvalue weighted by atomic mass is 9.85. The molecule has 0 aliphatic rings. The summed E-state index contributed by atoms with van der Waals surface area (Å²) in [5.41, 5.74) is 4.89. The fourth-order valence-corrected chi connectivity index (χ4v) is 3.64. The first-order valence-corrected chi connectivity index (χ1v) is 11.9. The van der Waals surface area contributed by atoms with E-state index in [9.17, 15) is 14.4 Å². The molecule has 0 saturated heterocycles. The van der Waals surface area contributed by atoms with Crippen molar-refractivity contribution >= 4 is 69.6 Å². The molecule has 3 aromatic carbocycles. The van der Waals surface area contributed by atoms with Gasteiger partial charge in [0.1, 0.15) is 17.6 Å². The number of anilines is 3. The van der Waals surface area contributed by atoms with Gasteiger partial charge in [-0.1, -0.05) is 36.4 Å². The Morgan fingerprint density at radius 1 is 0.500 bits per heavy atom. The van der Waals surface area contributed by atoms with Crippen molar-refractivity contribution in [2.75, 3.05) is 33.6 Å². The minimum absolute atomic E-state index is 0.121. The highest BCUT2D eigenvalue weighted by Gasteiger charge is 2.18. The maximum atomic E-state index is 11.6. The average Bonchev–Trinajstić information content (AvgIpc) is 2.87. The third-order valence-electron chi connectivity index (χ3n) is 4.95. The second-order valence-corrected chi connectivity index (χ2v) is 8.15. The molecule has 3 rings (SSSR count). The van der Waals surface area contributed by atoms with Crippen LogP contribution in [0.3, 0.4) is 0 Å². The molecule has 176 valence electrons. The van der Waals surface area contributed by atoms with Gasteiger partial charge in [0.05, 0.1) is 0 Å². The predicted molar refractivity (Wildman–Crippen MR) is 138 cm³/mol. The van der Waals surface area contributed by atoms with Crippen LogP contribution < -0.4 is 16.0 Å². The number of carbonyl (C=O) groups is 3. The lowest BCUT2D eigenvalue weighted by molar-refractivity contribution is -0.114. The summed E-state index contributed by atoms with van der Waals surface area (Å²) in [5, 5.41) is 8.18. The number of benzene rings is 3. The number of hydrogen-bond donors (Lipinski definition) is 3. The van der Waals surface area contributed by atoms with Crippen molar-refractivity contribution in [3.8, 4) is 0 Å². The topological polar surface area (TPSA) is 87.3 Å². The van der Waals surface area contributed by atoms with Crippen LogP contribution in [-0.2, 0) is 14.4 Å². The molecule has 0 aliphatic carbocycles. The number of amides is 3. The number of halogens is 3. The maximum absolute atomic E-state index is 11.6. The molecule has 0 aromatic heterocycles. The van der Waals surface area contributed by atoms with Crippen molar-refractivity contribution in [3.63, 3.8) is 0 Å². The normalized spacial score (nSPS) is 10.6. The fourth-order valence-electron chi connectivity index (χ4n) is 3.44. The summed E-state index contributed by atoms with van der Waals surface area (Å²) in [6.45, 7) is 0. The Hall–Kier alpha value is -3.06. The summed E-state index contributed by atoms with van der Waals surface area (Å²) in [5.74, 6) is -1.36. The van der Waals surface area contributed by atoms with Crippen LogP contribution in [0, 0.1) is 0 Å². The Labute approximate surface area is 212 Å². The molecule has 0 aliphatic heterocycles. The van der Waals surface area contributed by atoms with Crippen LogP contribution >= 0.6 is 34.8 Å². The second kappa shape index (κ2) is 12.4. The molecular weight excluding hydrogens is 497 g/mol. The van der Waals surface area contributed by atoms with Crippen molar-refractivity contribution in [2.45, 2.75) is 5.92 Å². The van der Waals surface area contributed by atoms with Gasteiger partial charge in [-0.15, -0.1) is 34.8 Å². The molecular formula is C25H22Cl3N3O3. The summed E-state index contributed by atoms with van der Waals surface area (Å²) < 4.78 is 0. The largest absolute Gasteiger partial charge is 0.325 e. The van der Waals surface area contributed by atoms with Gasteiger partial charge < -0.3 is 16.0 Å². The molecule has 0 bridgehead atoms. The molecule has 3 aromatic rings. The van der Waals surface area contributed by atoms with E-state index in [-0.39, 0.29) is 41.3 Å². The van der Waals surface area contributed by atoms with Gasteiger partial charge in [-0.2, -0.15) is 0 Å². The van der Waals surface area contributed by atoms with E-state index in [2.05, 4.69) is 16.0 Å². The summed E-state index contributed by atoms with van der Waals surface area (Å²) in [7, 11) is 0. The van der Waals surface area contributed by atoms with E-state index in [0.717, 1.165) is 16.7 Å². The average molecular weight is 519 g/mol. The van der Waals surface area contributed by atoms with Crippen LogP contribution in [0.4, 0.5) is 17.1 Å². The van der Waals surface area contributed by atoms with E-state index in [4.69, 9.17) is 34.8 Å². The van der Waals surface area contributed by atoms with E-state index in [1.165, 1.54) is 0 Å². The van der Waals surface area contributed by atoms with Crippen LogP contribution in [0.25, 0.3) is 0 Å². The quantitative estimate of drug-likeness (QED) is 0.262. The third kappa shape index (κ3) is 6.97. The van der Waals surface area contributed by atoms with E-state index in [1.807, 2.05) is 72.8 Å². The van der Waals surface area contributed by atoms with E-state index in [0.29, 0.717) is 17.1 Å². The molecule has 6 nitrogen and oxygen atoms in total. The van der Waals surface area contributed by atoms with Gasteiger partial charge in [0.15, 0.2) is 0 Å². The molecule has 34 heavy (non-hydrogen) atoms. The summed E-state index contributed by atoms with van der Waals surface area (Å²) in [4.78, 5) is 34.8. The molecule has 0 atom stereocenters. The molecule has 3 N–H and O–H groups in total. The number of hydrogen-bond acceptors (Lipinski definition) is 3. The van der Waals surface area contributed by atoms with Crippen molar-refractivity contribution in [2.24, 2.45) is 0 Å². The second-order valence-electron chi connectivity index (χ2n) is 7.34. The van der Waals surface area contributed by atoms with Gasteiger partial charge in [-0.25, -0.2) is 0 Å². The first-order valence-electron chi connectivity index (χ1n) is 10.3. The van der Waals surface area contributed by atoms with Crippen LogP contribution in [0.1, 0.15) is 22.6 Å². The molecule has 0 spiro atoms. The standard InChI is InChI=1S/C25H22Cl3N3O3/c26-13-22(32)29-19-7-1-16(2-8-19)25(17-3-9-20(10-4-17)30-23(33)14-27)18-5-11-21(12-6-18)31-24(34)15-28/h1-12,25H,13-15H2,(H,29,32)(H,30,33)(H,31,34). The molecule has 3 amide bonds. The van der Waals surface area contributed by atoms with E-state index in [1.54, 1.807) is 0 Å². The highest BCUT2D eigenvalue weighted by molar-refractivity contribution is 6.29. The van der Waals surface area contributed by atoms with E-state index < -0.39 is 0 Å². The Kier molecular flexibility index (Phi) is 9.33. The first kappa shape index (κ1) is 25.6. The molecule has 0 saturated carbocycles. The number of alkyl halides is 3. The Morgan fingerprint density at radius 2 is 0.735 bits per heavy atom. The number of nitrogens with one attached hydrogen (secondary N) is 3. The van der Waals surface area contributed by atoms with Gasteiger partial charge in [-0.3, -0.25) is 14.4 Å². The lowest BCUT2D eigenvalue weighted by Gasteiger charge is -2.20. The smallest absolute Gasteiger partial charge is 0.239 e. The highest BCUT2D eigenvalue weighted by atomic mass is 35.5. The van der Waals surface area contributed by atoms with Crippen LogP contribution in [0.2, 0.25) is 0 Å². The number of carbonyl (C=O) groups excluding carboxylic acids is 3. The van der Waals surface area contributed by atoms with Gasteiger partial charge in [0, 0.05) is 23.0 Å². The van der Waals surface area contributed by atoms with Crippen molar-refractivity contribution in [3.05, 3.63) is 89.5 Å². The van der Waals surface area contributed by atoms with Gasteiger partial charge in [0.2, 0.25) is 17.7 Å². The zero-order chi connectivity index (χ0) is 24.5. The van der Waals surface area contributed by atoms with Crippen LogP contribution in [0.5, 0.6) is 0 Å². The Bertz CT molecular complexity index is 989. The summed E-state index contributed by atoms with van der Waals surface area (Å²) in [6.07, 6.45) is 0. The van der Waals surface area contributed by atoms with Crippen molar-refractivity contribution in [1.29, 1.82) is 0 Å². The molecule has 0 fully saturated rings. The minimum atomic E-state index is -0.282. The third-order valence-corrected chi connectivity index (χ3v) is 5.68. The van der Waals surface area contributed by atoms with Gasteiger partial charge >= 0.3 is 0 Å². The van der Waals surface area contributed by atoms with Crippen molar-refractivity contribution in [1.82, 2.24) is 0 Å². The summed E-state index contributed by atoms with van der Waals surface area (Å²) in [6, 6.07) is 22.5. The van der Waals surface area contributed by atoms with E-state index >= 15 is 0 Å². The zero-order valence-corrected chi connectivity index (χ0v) is 20.3. The molecule has 0 radical (unpaired) electrons. The summed E-state index contributed by atoms with van der Waals surface area (Å²) >= 11 is 16.7. The maximum Gasteiger partial charge on any atom is 0.239 e. The van der Waals surface area contributed by atoms with Gasteiger partial charge in [0.25, 0.3) is 0 Å². The van der Waals surface area contributed by atoms with Gasteiger partial charge in [-0.05, 0) is 53.1 Å². The first-order chi connectivity index (χ1) is 16.4. The molecule has 0 unspecified atom stereocenters. The number of rotatable bonds is 9. The van der Waals surface area contributed by atoms with Crippen LogP contribution in [0.15, 0.2) is 72.8 Å². The SMILES string of the molecule is O=C(CCl)Nc1ccc(C(c2ccc(NC(=O)CCl)cc2)c2ccc(NC(=O)CCl)cc2)cc1. The Morgan fingerprint density at radius 3 is 0.941 bits per heavy atom. The monoisotopic (exact) mass is 517 g/mol. The van der Waals surface area contributed by atoms with Crippen LogP contribution in [-0.4, -0.2) is 35.4 Å². The lowest BCUT2D eigenvalue weighted by Crippen LogP contribution is -2.13. The Balaban J connectivity index is 1.94. The minimum Gasteiger partial charge on any atom is -0.325 e.